The maximum Gasteiger partial charge on any atom is 0.182 e. The zero-order valence-corrected chi connectivity index (χ0v) is 18.4. The minimum atomic E-state index is 0. The van der Waals surface area contributed by atoms with Gasteiger partial charge in [0.2, 0.25) is 0 Å². The lowest BCUT2D eigenvalue weighted by Gasteiger charge is -2.29. The van der Waals surface area contributed by atoms with Crippen molar-refractivity contribution in [2.24, 2.45) is 0 Å². The topological polar surface area (TPSA) is 101 Å². The van der Waals surface area contributed by atoms with Crippen LogP contribution < -0.4 is 10.2 Å². The molecule has 31 heavy (non-hydrogen) atoms. The molecule has 7 nitrogen and oxygen atoms in total. The minimum absolute atomic E-state index is 0. The van der Waals surface area contributed by atoms with E-state index in [0.717, 1.165) is 48.4 Å². The van der Waals surface area contributed by atoms with Gasteiger partial charge in [-0.25, -0.2) is 4.98 Å². The van der Waals surface area contributed by atoms with Gasteiger partial charge < -0.3 is 15.3 Å². The van der Waals surface area contributed by atoms with Crippen molar-refractivity contribution in [2.75, 3.05) is 31.1 Å². The van der Waals surface area contributed by atoms with Gasteiger partial charge in [0.25, 0.3) is 0 Å². The normalized spacial score (nSPS) is 13.6. The molecule has 3 N–H and O–H groups in total. The number of anilines is 1. The van der Waals surface area contributed by atoms with Crippen molar-refractivity contribution < 1.29 is 5.11 Å². The summed E-state index contributed by atoms with van der Waals surface area (Å²) in [5, 5.41) is 30.9. The molecule has 4 aromatic rings. The van der Waals surface area contributed by atoms with Gasteiger partial charge in [0.05, 0.1) is 17.0 Å². The van der Waals surface area contributed by atoms with Crippen molar-refractivity contribution in [3.8, 4) is 34.3 Å². The molecule has 0 saturated carbocycles. The van der Waals surface area contributed by atoms with Crippen LogP contribution in [0.3, 0.4) is 0 Å². The summed E-state index contributed by atoms with van der Waals surface area (Å²) in [6.45, 7) is 4.00. The molecule has 0 aliphatic carbocycles. The first-order chi connectivity index (χ1) is 14.7. The molecule has 2 aromatic heterocycles. The van der Waals surface area contributed by atoms with Crippen LogP contribution in [0.15, 0.2) is 54.6 Å². The maximum atomic E-state index is 9.69. The van der Waals surface area contributed by atoms with Crippen LogP contribution in [0.2, 0.25) is 0 Å². The van der Waals surface area contributed by atoms with Gasteiger partial charge in [0, 0.05) is 48.4 Å². The average molecular weight is 477 g/mol. The molecule has 1 aliphatic heterocycles. The van der Waals surface area contributed by atoms with E-state index in [1.54, 1.807) is 24.3 Å². The average Bonchev–Trinajstić information content (AvgIpc) is 3.22. The number of piperazine rings is 1. The number of pyridine rings is 1. The Morgan fingerprint density at radius 3 is 2.32 bits per heavy atom. The Balaban J connectivity index is 0.00000231. The van der Waals surface area contributed by atoms with E-state index in [1.807, 2.05) is 6.07 Å². The molecule has 1 saturated heterocycles. The van der Waals surface area contributed by atoms with Gasteiger partial charge in [-0.3, -0.25) is 5.10 Å². The smallest absolute Gasteiger partial charge is 0.182 e. The Morgan fingerprint density at radius 1 is 0.968 bits per heavy atom. The molecular weight excluding hydrogens is 456 g/mol. The molecular formula is C23H21BrN6O. The van der Waals surface area contributed by atoms with Gasteiger partial charge in [0.1, 0.15) is 11.8 Å². The van der Waals surface area contributed by atoms with E-state index >= 15 is 0 Å². The molecule has 0 spiro atoms. The van der Waals surface area contributed by atoms with Gasteiger partial charge >= 0.3 is 0 Å². The monoisotopic (exact) mass is 476 g/mol. The molecule has 3 heterocycles. The Kier molecular flexibility index (Phi) is 5.89. The fourth-order valence-electron chi connectivity index (χ4n) is 3.85. The first kappa shape index (κ1) is 20.8. The van der Waals surface area contributed by atoms with Crippen LogP contribution in [0.5, 0.6) is 5.75 Å². The number of aromatic hydroxyl groups is 1. The van der Waals surface area contributed by atoms with Crippen molar-refractivity contribution >= 4 is 33.7 Å². The predicted octanol–water partition coefficient (Wildman–Crippen LogP) is 3.86. The lowest BCUT2D eigenvalue weighted by atomic mass is 10.0. The lowest BCUT2D eigenvalue weighted by molar-refractivity contribution is 0.475. The summed E-state index contributed by atoms with van der Waals surface area (Å²) in [7, 11) is 0. The van der Waals surface area contributed by atoms with Crippen molar-refractivity contribution in [1.29, 1.82) is 5.26 Å². The highest BCUT2D eigenvalue weighted by Gasteiger charge is 2.16. The van der Waals surface area contributed by atoms with Gasteiger partial charge in [-0.2, -0.15) is 10.4 Å². The number of halogens is 1. The van der Waals surface area contributed by atoms with Gasteiger partial charge in [-0.1, -0.05) is 12.1 Å². The zero-order chi connectivity index (χ0) is 20.5. The molecule has 2 aromatic carbocycles. The number of nitriles is 1. The molecule has 0 amide bonds. The molecule has 0 unspecified atom stereocenters. The largest absolute Gasteiger partial charge is 0.508 e. The number of fused-ring (bicyclic) bond motifs is 1. The van der Waals surface area contributed by atoms with E-state index in [0.29, 0.717) is 16.9 Å². The molecule has 0 atom stereocenters. The number of nitrogens with zero attached hydrogens (tertiary/aromatic N) is 4. The third-order valence-electron chi connectivity index (χ3n) is 5.44. The quantitative estimate of drug-likeness (QED) is 0.415. The van der Waals surface area contributed by atoms with Crippen LogP contribution in [-0.2, 0) is 0 Å². The second kappa shape index (κ2) is 8.76. The second-order valence-electron chi connectivity index (χ2n) is 7.30. The lowest BCUT2D eigenvalue weighted by Crippen LogP contribution is -2.43. The SMILES string of the molecule is Br.N#Cc1cc2c(-c3ccc(N4CCNCC4)cc3)[nH]nc2nc1-c1ccc(O)cc1. The van der Waals surface area contributed by atoms with E-state index in [4.69, 9.17) is 0 Å². The Hall–Kier alpha value is -3.41. The molecule has 1 aliphatic rings. The van der Waals surface area contributed by atoms with E-state index < -0.39 is 0 Å². The van der Waals surface area contributed by atoms with Crippen molar-refractivity contribution in [3.63, 3.8) is 0 Å². The zero-order valence-electron chi connectivity index (χ0n) is 16.7. The predicted molar refractivity (Wildman–Crippen MR) is 127 cm³/mol. The highest BCUT2D eigenvalue weighted by atomic mass is 79.9. The number of aromatic nitrogens is 3. The van der Waals surface area contributed by atoms with Crippen LogP contribution in [0.1, 0.15) is 5.56 Å². The van der Waals surface area contributed by atoms with Crippen molar-refractivity contribution in [1.82, 2.24) is 20.5 Å². The summed E-state index contributed by atoms with van der Waals surface area (Å²) in [5.74, 6) is 0.171. The van der Waals surface area contributed by atoms with Crippen molar-refractivity contribution in [2.45, 2.75) is 0 Å². The Labute approximate surface area is 190 Å². The van der Waals surface area contributed by atoms with E-state index in [1.165, 1.54) is 5.69 Å². The summed E-state index contributed by atoms with van der Waals surface area (Å²) >= 11 is 0. The van der Waals surface area contributed by atoms with Gasteiger partial charge in [-0.15, -0.1) is 17.0 Å². The molecule has 0 bridgehead atoms. The molecule has 8 heteroatoms. The van der Waals surface area contributed by atoms with Crippen LogP contribution in [0, 0.1) is 11.3 Å². The fourth-order valence-corrected chi connectivity index (χ4v) is 3.85. The van der Waals surface area contributed by atoms with E-state index in [-0.39, 0.29) is 22.7 Å². The summed E-state index contributed by atoms with van der Waals surface area (Å²) in [4.78, 5) is 6.99. The summed E-state index contributed by atoms with van der Waals surface area (Å²) in [6, 6.07) is 19.1. The molecule has 5 rings (SSSR count). The molecule has 1 fully saturated rings. The van der Waals surface area contributed by atoms with E-state index in [9.17, 15) is 10.4 Å². The Morgan fingerprint density at radius 2 is 1.65 bits per heavy atom. The Bertz CT molecular complexity index is 1240. The van der Waals surface area contributed by atoms with Crippen LogP contribution in [0.4, 0.5) is 5.69 Å². The van der Waals surface area contributed by atoms with Crippen molar-refractivity contribution in [3.05, 3.63) is 60.2 Å². The second-order valence-corrected chi connectivity index (χ2v) is 7.30. The van der Waals surface area contributed by atoms with Crippen LogP contribution >= 0.6 is 17.0 Å². The number of rotatable bonds is 3. The number of nitrogens with one attached hydrogen (secondary N) is 2. The number of benzene rings is 2. The minimum Gasteiger partial charge on any atom is -0.508 e. The van der Waals surface area contributed by atoms with Gasteiger partial charge in [-0.05, 0) is 42.5 Å². The highest BCUT2D eigenvalue weighted by Crippen LogP contribution is 2.31. The number of H-pyrrole nitrogens is 1. The van der Waals surface area contributed by atoms with Crippen LogP contribution in [0.25, 0.3) is 33.5 Å². The first-order valence-corrected chi connectivity index (χ1v) is 9.87. The number of hydrogen-bond acceptors (Lipinski definition) is 6. The summed E-state index contributed by atoms with van der Waals surface area (Å²) in [5.41, 5.74) is 5.38. The standard InChI is InChI=1S/C23H20N6O.BrH/c24-14-17-13-20-22(16-1-5-18(6-2-16)29-11-9-25-10-12-29)27-28-23(20)26-21(17)15-3-7-19(30)8-4-15;/h1-8,13,25,30H,9-12H2,(H,26,27,28);1H. The molecule has 0 radical (unpaired) electrons. The third kappa shape index (κ3) is 3.98. The molecule has 156 valence electrons. The van der Waals surface area contributed by atoms with Gasteiger partial charge in [0.15, 0.2) is 5.65 Å². The summed E-state index contributed by atoms with van der Waals surface area (Å²) < 4.78 is 0. The third-order valence-corrected chi connectivity index (χ3v) is 5.44. The fraction of sp³-hybridized carbons (Fsp3) is 0.174. The van der Waals surface area contributed by atoms with Crippen LogP contribution in [-0.4, -0.2) is 46.5 Å². The summed E-state index contributed by atoms with van der Waals surface area (Å²) in [6.07, 6.45) is 0. The number of hydrogen-bond donors (Lipinski definition) is 3. The van der Waals surface area contributed by atoms with E-state index in [2.05, 4.69) is 55.7 Å². The maximum absolute atomic E-state index is 9.69. The number of aromatic amines is 1. The number of phenolic OH excluding ortho intramolecular Hbond substituents is 1. The number of phenols is 1. The highest BCUT2D eigenvalue weighted by molar-refractivity contribution is 8.93. The first-order valence-electron chi connectivity index (χ1n) is 9.87.